The Balaban J connectivity index is 2.02. The van der Waals surface area contributed by atoms with Gasteiger partial charge in [0.25, 0.3) is 5.91 Å². The second-order valence-electron chi connectivity index (χ2n) is 7.38. The van der Waals surface area contributed by atoms with E-state index in [1.165, 1.54) is 10.5 Å². The largest absolute Gasteiger partial charge is 0.338 e. The van der Waals surface area contributed by atoms with Crippen LogP contribution in [0.3, 0.4) is 0 Å². The van der Waals surface area contributed by atoms with E-state index in [-0.39, 0.29) is 5.91 Å². The van der Waals surface area contributed by atoms with Gasteiger partial charge in [0.15, 0.2) is 5.13 Å². The van der Waals surface area contributed by atoms with Crippen molar-refractivity contribution in [2.45, 2.75) is 27.2 Å². The van der Waals surface area contributed by atoms with Crippen molar-refractivity contribution in [1.29, 1.82) is 0 Å². The fourth-order valence-corrected chi connectivity index (χ4v) is 4.08. The van der Waals surface area contributed by atoms with Gasteiger partial charge in [-0.05, 0) is 49.6 Å². The number of hydrogen-bond acceptors (Lipinski definition) is 3. The Hall–Kier alpha value is -2.24. The number of carbonyl (C=O) groups is 1. The number of thiazole rings is 1. The molecule has 1 aromatic heterocycles. The Labute approximate surface area is 165 Å². The number of aromatic nitrogens is 1. The van der Waals surface area contributed by atoms with Gasteiger partial charge >= 0.3 is 0 Å². The van der Waals surface area contributed by atoms with Crippen LogP contribution in [0.1, 0.15) is 34.0 Å². The first-order valence-electron chi connectivity index (χ1n) is 9.46. The number of quaternary nitrogens is 1. The number of nitrogens with zero attached hydrogens (tertiary/aromatic N) is 2. The van der Waals surface area contributed by atoms with Gasteiger partial charge in [-0.3, -0.25) is 9.69 Å². The molecule has 0 spiro atoms. The van der Waals surface area contributed by atoms with Crippen molar-refractivity contribution in [3.05, 3.63) is 58.7 Å². The predicted octanol–water partition coefficient (Wildman–Crippen LogP) is 3.27. The second kappa shape index (κ2) is 8.19. The molecule has 3 aromatic rings. The van der Waals surface area contributed by atoms with Crippen LogP contribution in [0.2, 0.25) is 0 Å². The van der Waals surface area contributed by atoms with Gasteiger partial charge < -0.3 is 4.90 Å². The van der Waals surface area contributed by atoms with Crippen molar-refractivity contribution in [3.63, 3.8) is 0 Å². The number of nitrogens with one attached hydrogen (secondary N) is 1. The van der Waals surface area contributed by atoms with Gasteiger partial charge in [-0.2, -0.15) is 0 Å². The van der Waals surface area contributed by atoms with Crippen molar-refractivity contribution < 1.29 is 9.69 Å². The van der Waals surface area contributed by atoms with Crippen LogP contribution in [-0.4, -0.2) is 38.1 Å². The molecule has 0 radical (unpaired) electrons. The Morgan fingerprint density at radius 3 is 2.63 bits per heavy atom. The molecule has 0 bridgehead atoms. The zero-order valence-electron chi connectivity index (χ0n) is 16.8. The van der Waals surface area contributed by atoms with E-state index < -0.39 is 0 Å². The minimum atomic E-state index is 0.0345. The normalized spacial score (nSPS) is 11.3. The second-order valence-corrected chi connectivity index (χ2v) is 8.39. The van der Waals surface area contributed by atoms with Gasteiger partial charge in [-0.15, -0.1) is 0 Å². The first kappa shape index (κ1) is 19.5. The highest BCUT2D eigenvalue weighted by molar-refractivity contribution is 7.22. The SMILES string of the molecule is CCc1ccc2nc(N(CC[NH+](C)C)C(=O)c3cc(C)ccc3C)sc2c1. The van der Waals surface area contributed by atoms with Crippen LogP contribution in [-0.2, 0) is 6.42 Å². The molecule has 0 fully saturated rings. The lowest BCUT2D eigenvalue weighted by Crippen LogP contribution is -3.06. The number of aryl methyl sites for hydroxylation is 3. The lowest BCUT2D eigenvalue weighted by molar-refractivity contribution is -0.856. The fourth-order valence-electron chi connectivity index (χ4n) is 3.02. The van der Waals surface area contributed by atoms with E-state index in [2.05, 4.69) is 39.2 Å². The minimum Gasteiger partial charge on any atom is -0.338 e. The number of likely N-dealkylation sites (N-methyl/N-ethyl adjacent to an activating group) is 1. The van der Waals surface area contributed by atoms with Crippen molar-refractivity contribution in [1.82, 2.24) is 4.98 Å². The molecule has 1 heterocycles. The summed E-state index contributed by atoms with van der Waals surface area (Å²) in [6.45, 7) is 7.68. The standard InChI is InChI=1S/C22H27N3OS/c1-6-17-9-10-19-20(14-17)27-22(23-19)25(12-11-24(4)5)21(26)18-13-15(2)7-8-16(18)3/h7-10,13-14H,6,11-12H2,1-5H3/p+1. The summed E-state index contributed by atoms with van der Waals surface area (Å²) in [7, 11) is 4.21. The molecule has 0 aliphatic rings. The molecule has 5 heteroatoms. The lowest BCUT2D eigenvalue weighted by Gasteiger charge is -2.21. The first-order valence-corrected chi connectivity index (χ1v) is 10.3. The maximum absolute atomic E-state index is 13.4. The summed E-state index contributed by atoms with van der Waals surface area (Å²) in [5.41, 5.74) is 5.12. The maximum atomic E-state index is 13.4. The molecule has 0 atom stereocenters. The fraction of sp³-hybridized carbons (Fsp3) is 0.364. The number of carbonyl (C=O) groups excluding carboxylic acids is 1. The smallest absolute Gasteiger partial charge is 0.260 e. The van der Waals surface area contributed by atoms with Crippen LogP contribution in [0.25, 0.3) is 10.2 Å². The van der Waals surface area contributed by atoms with Crippen molar-refractivity contribution in [3.8, 4) is 0 Å². The Kier molecular flexibility index (Phi) is 5.92. The number of rotatable bonds is 6. The first-order chi connectivity index (χ1) is 12.9. The van der Waals surface area contributed by atoms with Crippen LogP contribution >= 0.6 is 11.3 Å². The van der Waals surface area contributed by atoms with Gasteiger partial charge in [0.1, 0.15) is 0 Å². The van der Waals surface area contributed by atoms with Crippen molar-refractivity contribution >= 4 is 32.6 Å². The predicted molar refractivity (Wildman–Crippen MR) is 114 cm³/mol. The van der Waals surface area contributed by atoms with E-state index in [1.807, 2.05) is 36.9 Å². The molecule has 27 heavy (non-hydrogen) atoms. The molecule has 1 amide bonds. The van der Waals surface area contributed by atoms with Crippen molar-refractivity contribution in [2.75, 3.05) is 32.1 Å². The minimum absolute atomic E-state index is 0.0345. The number of fused-ring (bicyclic) bond motifs is 1. The van der Waals surface area contributed by atoms with Crippen LogP contribution < -0.4 is 9.80 Å². The number of benzene rings is 2. The number of anilines is 1. The lowest BCUT2D eigenvalue weighted by atomic mass is 10.0. The summed E-state index contributed by atoms with van der Waals surface area (Å²) in [6, 6.07) is 12.4. The average Bonchev–Trinajstić information content (AvgIpc) is 3.06. The summed E-state index contributed by atoms with van der Waals surface area (Å²) < 4.78 is 1.14. The molecule has 0 saturated carbocycles. The average molecular weight is 383 g/mol. The highest BCUT2D eigenvalue weighted by Crippen LogP contribution is 2.31. The number of amides is 1. The Morgan fingerprint density at radius 2 is 1.93 bits per heavy atom. The quantitative estimate of drug-likeness (QED) is 0.711. The van der Waals surface area contributed by atoms with E-state index in [0.29, 0.717) is 6.54 Å². The summed E-state index contributed by atoms with van der Waals surface area (Å²) in [4.78, 5) is 21.4. The van der Waals surface area contributed by atoms with Crippen molar-refractivity contribution in [2.24, 2.45) is 0 Å². The van der Waals surface area contributed by atoms with Gasteiger partial charge in [0.05, 0.1) is 37.4 Å². The van der Waals surface area contributed by atoms with Gasteiger partial charge in [0, 0.05) is 5.56 Å². The van der Waals surface area contributed by atoms with E-state index in [1.54, 1.807) is 11.3 Å². The topological polar surface area (TPSA) is 37.6 Å². The highest BCUT2D eigenvalue weighted by Gasteiger charge is 2.23. The van der Waals surface area contributed by atoms with Crippen LogP contribution in [0, 0.1) is 13.8 Å². The summed E-state index contributed by atoms with van der Waals surface area (Å²) in [6.07, 6.45) is 0.998. The van der Waals surface area contributed by atoms with Crippen LogP contribution in [0.15, 0.2) is 36.4 Å². The van der Waals surface area contributed by atoms with E-state index in [0.717, 1.165) is 45.0 Å². The van der Waals surface area contributed by atoms with Crippen LogP contribution in [0.5, 0.6) is 0 Å². The van der Waals surface area contributed by atoms with Gasteiger partial charge in [-0.25, -0.2) is 4.98 Å². The highest BCUT2D eigenvalue weighted by atomic mass is 32.1. The third kappa shape index (κ3) is 4.37. The number of hydrogen-bond donors (Lipinski definition) is 1. The Bertz CT molecular complexity index is 961. The zero-order chi connectivity index (χ0) is 19.6. The molecule has 0 saturated heterocycles. The molecule has 0 aliphatic carbocycles. The summed E-state index contributed by atoms with van der Waals surface area (Å²) >= 11 is 1.60. The van der Waals surface area contributed by atoms with E-state index in [4.69, 9.17) is 4.98 Å². The third-order valence-corrected chi connectivity index (χ3v) is 5.83. The molecule has 1 N–H and O–H groups in total. The monoisotopic (exact) mass is 382 g/mol. The maximum Gasteiger partial charge on any atom is 0.260 e. The van der Waals surface area contributed by atoms with Crippen LogP contribution in [0.4, 0.5) is 5.13 Å². The third-order valence-electron chi connectivity index (χ3n) is 4.78. The Morgan fingerprint density at radius 1 is 1.15 bits per heavy atom. The molecular weight excluding hydrogens is 354 g/mol. The zero-order valence-corrected chi connectivity index (χ0v) is 17.6. The van der Waals surface area contributed by atoms with E-state index >= 15 is 0 Å². The molecule has 142 valence electrons. The molecule has 3 rings (SSSR count). The molecule has 2 aromatic carbocycles. The molecular formula is C22H28N3OS+. The summed E-state index contributed by atoms with van der Waals surface area (Å²) in [5, 5.41) is 0.783. The summed E-state index contributed by atoms with van der Waals surface area (Å²) in [5.74, 6) is 0.0345. The molecule has 0 aliphatic heterocycles. The van der Waals surface area contributed by atoms with E-state index in [9.17, 15) is 4.79 Å². The van der Waals surface area contributed by atoms with Gasteiger partial charge in [0.2, 0.25) is 0 Å². The molecule has 4 nitrogen and oxygen atoms in total. The van der Waals surface area contributed by atoms with Gasteiger partial charge in [-0.1, -0.05) is 42.0 Å². The molecule has 0 unspecified atom stereocenters.